The summed E-state index contributed by atoms with van der Waals surface area (Å²) in [6.45, 7) is 2.46. The van der Waals surface area contributed by atoms with E-state index in [0.29, 0.717) is 33.2 Å². The molecule has 1 aliphatic heterocycles. The summed E-state index contributed by atoms with van der Waals surface area (Å²) in [5.74, 6) is -1.20. The van der Waals surface area contributed by atoms with Crippen LogP contribution >= 0.6 is 39.7 Å². The van der Waals surface area contributed by atoms with Crippen molar-refractivity contribution < 1.29 is 23.5 Å². The van der Waals surface area contributed by atoms with Crippen LogP contribution in [0.3, 0.4) is 0 Å². The van der Waals surface area contributed by atoms with Gasteiger partial charge in [0.05, 0.1) is 16.8 Å². The number of nitrogens with one attached hydrogen (secondary N) is 1. The quantitative estimate of drug-likeness (QED) is 0.206. The van der Waals surface area contributed by atoms with E-state index in [4.69, 9.17) is 33.3 Å². The van der Waals surface area contributed by atoms with E-state index in [1.165, 1.54) is 24.3 Å². The van der Waals surface area contributed by atoms with Crippen molar-refractivity contribution in [3.63, 3.8) is 0 Å². The molecule has 0 atom stereocenters. The monoisotopic (exact) mass is 588 g/mol. The number of anilines is 1. The van der Waals surface area contributed by atoms with Gasteiger partial charge in [0.2, 0.25) is 0 Å². The maximum absolute atomic E-state index is 14.4. The van der Waals surface area contributed by atoms with Crippen LogP contribution in [0.1, 0.15) is 18.1 Å². The highest BCUT2D eigenvalue weighted by Crippen LogP contribution is 2.38. The number of nitrogens with zero attached hydrogens (tertiary/aromatic N) is 1. The minimum absolute atomic E-state index is 0.0551. The average molecular weight is 590 g/mol. The van der Waals surface area contributed by atoms with Crippen LogP contribution in [0.15, 0.2) is 70.7 Å². The number of hydrogen-bond donors (Lipinski definition) is 1. The molecule has 0 spiro atoms. The highest BCUT2D eigenvalue weighted by molar-refractivity contribution is 9.10. The first-order valence-electron chi connectivity index (χ1n) is 10.8. The highest BCUT2D eigenvalue weighted by atomic mass is 79.9. The van der Waals surface area contributed by atoms with Gasteiger partial charge >= 0.3 is 0 Å². The number of ether oxygens (including phenoxy) is 2. The smallest absolute Gasteiger partial charge is 0.270 e. The predicted octanol–water partition coefficient (Wildman–Crippen LogP) is 6.05. The first-order valence-corrected chi connectivity index (χ1v) is 12.4. The van der Waals surface area contributed by atoms with Crippen molar-refractivity contribution in [3.05, 3.63) is 92.7 Å². The fourth-order valence-corrected chi connectivity index (χ4v) is 4.46. The number of carbonyl (C=O) groups is 2. The van der Waals surface area contributed by atoms with Crippen LogP contribution in [-0.2, 0) is 16.2 Å². The van der Waals surface area contributed by atoms with Crippen molar-refractivity contribution >= 4 is 68.4 Å². The fraction of sp³-hybridized carbons (Fsp3) is 0.115. The van der Waals surface area contributed by atoms with E-state index in [2.05, 4.69) is 21.2 Å². The lowest BCUT2D eigenvalue weighted by Gasteiger charge is -2.29. The van der Waals surface area contributed by atoms with Crippen molar-refractivity contribution in [2.24, 2.45) is 0 Å². The lowest BCUT2D eigenvalue weighted by atomic mass is 10.1. The molecule has 0 radical (unpaired) electrons. The van der Waals surface area contributed by atoms with Crippen molar-refractivity contribution in [1.29, 1.82) is 0 Å². The molecule has 1 aliphatic rings. The topological polar surface area (TPSA) is 67.9 Å². The molecule has 4 rings (SSSR count). The van der Waals surface area contributed by atoms with Crippen LogP contribution in [-0.4, -0.2) is 23.5 Å². The number of carbonyl (C=O) groups excluding carboxylic acids is 2. The van der Waals surface area contributed by atoms with Gasteiger partial charge in [-0.1, -0.05) is 35.9 Å². The predicted molar refractivity (Wildman–Crippen MR) is 144 cm³/mol. The van der Waals surface area contributed by atoms with E-state index >= 15 is 0 Å². The molecule has 184 valence electrons. The van der Waals surface area contributed by atoms with Gasteiger partial charge in [-0.3, -0.25) is 14.9 Å². The standard InChI is InChI=1S/C26H19BrClFN2O4S/c1-2-34-22-13-16(12-19(27)23(22)35-14-15-7-9-17(28)10-8-15)11-18-24(32)30-26(36)31(25(18)33)21-6-4-3-5-20(21)29/h3-13H,2,14H2,1H3,(H,30,32,36)/b18-11+. The summed E-state index contributed by atoms with van der Waals surface area (Å²) in [5.41, 5.74) is 1.13. The number of amides is 2. The molecular formula is C26H19BrClFN2O4S. The van der Waals surface area contributed by atoms with Gasteiger partial charge < -0.3 is 9.47 Å². The SMILES string of the molecule is CCOc1cc(/C=C2\C(=O)NC(=S)N(c3ccccc3F)C2=O)cc(Br)c1OCc1ccc(Cl)cc1. The lowest BCUT2D eigenvalue weighted by Crippen LogP contribution is -2.54. The minimum Gasteiger partial charge on any atom is -0.490 e. The van der Waals surface area contributed by atoms with Gasteiger partial charge in [-0.2, -0.15) is 0 Å². The largest absolute Gasteiger partial charge is 0.490 e. The Bertz CT molecular complexity index is 1380. The molecule has 0 aromatic heterocycles. The highest BCUT2D eigenvalue weighted by Gasteiger charge is 2.35. The molecule has 1 saturated heterocycles. The second-order valence-corrected chi connectivity index (χ2v) is 9.26. The molecule has 3 aromatic rings. The molecular weight excluding hydrogens is 571 g/mol. The molecule has 3 aromatic carbocycles. The van der Waals surface area contributed by atoms with Gasteiger partial charge in [-0.05, 0) is 88.7 Å². The maximum atomic E-state index is 14.4. The molecule has 36 heavy (non-hydrogen) atoms. The van der Waals surface area contributed by atoms with Gasteiger partial charge in [0, 0.05) is 5.02 Å². The fourth-order valence-electron chi connectivity index (χ4n) is 3.49. The van der Waals surface area contributed by atoms with Gasteiger partial charge in [0.1, 0.15) is 18.0 Å². The Kier molecular flexibility index (Phi) is 8.03. The van der Waals surface area contributed by atoms with Gasteiger partial charge in [-0.15, -0.1) is 0 Å². The third kappa shape index (κ3) is 5.59. The van der Waals surface area contributed by atoms with E-state index in [0.717, 1.165) is 10.5 Å². The average Bonchev–Trinajstić information content (AvgIpc) is 2.83. The van der Waals surface area contributed by atoms with E-state index in [1.807, 2.05) is 19.1 Å². The summed E-state index contributed by atoms with van der Waals surface area (Å²) in [7, 11) is 0. The van der Waals surface area contributed by atoms with Crippen LogP contribution in [0, 0.1) is 5.82 Å². The molecule has 0 bridgehead atoms. The summed E-state index contributed by atoms with van der Waals surface area (Å²) in [4.78, 5) is 26.8. The van der Waals surface area contributed by atoms with E-state index in [-0.39, 0.29) is 23.0 Å². The zero-order chi connectivity index (χ0) is 25.8. The molecule has 0 aliphatic carbocycles. The number of hydrogen-bond acceptors (Lipinski definition) is 5. The third-order valence-electron chi connectivity index (χ3n) is 5.13. The molecule has 1 heterocycles. The molecule has 10 heteroatoms. The summed E-state index contributed by atoms with van der Waals surface area (Å²) in [6.07, 6.45) is 1.39. The van der Waals surface area contributed by atoms with E-state index < -0.39 is 17.6 Å². The Labute approximate surface area is 225 Å². The Hall–Kier alpha value is -3.27. The first-order chi connectivity index (χ1) is 17.3. The Morgan fingerprint density at radius 3 is 2.53 bits per heavy atom. The molecule has 1 N–H and O–H groups in total. The van der Waals surface area contributed by atoms with E-state index in [9.17, 15) is 14.0 Å². The third-order valence-corrected chi connectivity index (χ3v) is 6.26. The van der Waals surface area contributed by atoms with Crippen molar-refractivity contribution in [1.82, 2.24) is 5.32 Å². The van der Waals surface area contributed by atoms with Gasteiger partial charge in [0.15, 0.2) is 16.6 Å². The lowest BCUT2D eigenvalue weighted by molar-refractivity contribution is -0.122. The molecule has 2 amide bonds. The zero-order valence-electron chi connectivity index (χ0n) is 18.9. The van der Waals surface area contributed by atoms with Gasteiger partial charge in [0.25, 0.3) is 11.8 Å². The van der Waals surface area contributed by atoms with Gasteiger partial charge in [-0.25, -0.2) is 9.29 Å². The van der Waals surface area contributed by atoms with Crippen LogP contribution in [0.2, 0.25) is 5.02 Å². The summed E-state index contributed by atoms with van der Waals surface area (Å²) < 4.78 is 26.7. The second kappa shape index (κ2) is 11.2. The number of rotatable bonds is 7. The second-order valence-electron chi connectivity index (χ2n) is 7.59. The van der Waals surface area contributed by atoms with Crippen LogP contribution in [0.5, 0.6) is 11.5 Å². The van der Waals surface area contributed by atoms with Crippen molar-refractivity contribution in [2.45, 2.75) is 13.5 Å². The van der Waals surface area contributed by atoms with Crippen LogP contribution in [0.4, 0.5) is 10.1 Å². The minimum atomic E-state index is -0.744. The molecule has 6 nitrogen and oxygen atoms in total. The number of thiocarbonyl (C=S) groups is 1. The van der Waals surface area contributed by atoms with Crippen LogP contribution < -0.4 is 19.7 Å². The number of benzene rings is 3. The zero-order valence-corrected chi connectivity index (χ0v) is 22.0. The molecule has 0 unspecified atom stereocenters. The van der Waals surface area contributed by atoms with E-state index in [1.54, 1.807) is 30.3 Å². The molecule has 0 saturated carbocycles. The number of para-hydroxylation sites is 1. The normalized spacial score (nSPS) is 14.7. The maximum Gasteiger partial charge on any atom is 0.270 e. The van der Waals surface area contributed by atoms with Crippen molar-refractivity contribution in [2.75, 3.05) is 11.5 Å². The molecule has 1 fully saturated rings. The Morgan fingerprint density at radius 2 is 1.83 bits per heavy atom. The van der Waals surface area contributed by atoms with Crippen molar-refractivity contribution in [3.8, 4) is 11.5 Å². The van der Waals surface area contributed by atoms with Crippen LogP contribution in [0.25, 0.3) is 6.08 Å². The summed E-state index contributed by atoms with van der Waals surface area (Å²) in [6, 6.07) is 16.3. The Morgan fingerprint density at radius 1 is 1.11 bits per heavy atom. The summed E-state index contributed by atoms with van der Waals surface area (Å²) in [5, 5.41) is 2.88. The Balaban J connectivity index is 1.66. The number of halogens is 3. The summed E-state index contributed by atoms with van der Waals surface area (Å²) >= 11 is 14.6. The first kappa shape index (κ1) is 25.8.